The molecule has 2 rings (SSSR count). The van der Waals surface area contributed by atoms with Gasteiger partial charge in [0.1, 0.15) is 0 Å². The van der Waals surface area contributed by atoms with Gasteiger partial charge in [0.2, 0.25) is 0 Å². The van der Waals surface area contributed by atoms with E-state index in [9.17, 15) is 4.79 Å². The Morgan fingerprint density at radius 1 is 1.32 bits per heavy atom. The fourth-order valence-electron chi connectivity index (χ4n) is 2.01. The average Bonchev–Trinajstić information content (AvgIpc) is 2.49. The number of benzene rings is 1. The Bertz CT molecular complexity index is 743. The molecule has 0 bridgehead atoms. The maximum atomic E-state index is 12.8. The van der Waals surface area contributed by atoms with Gasteiger partial charge in [-0.2, -0.15) is 0 Å². The highest BCUT2D eigenvalue weighted by Gasteiger charge is 2.15. The molecule has 116 valence electrons. The van der Waals surface area contributed by atoms with Gasteiger partial charge in [-0.1, -0.05) is 42.0 Å². The maximum Gasteiger partial charge on any atom is 0.265 e. The number of hydrogen-bond donors (Lipinski definition) is 0. The number of para-hydroxylation sites is 1. The molecular formula is C16H15Cl2NOS2. The summed E-state index contributed by atoms with van der Waals surface area (Å²) < 4.78 is 2.10. The number of hydrogen-bond acceptors (Lipinski definition) is 3. The molecule has 0 radical (unpaired) electrons. The van der Waals surface area contributed by atoms with Gasteiger partial charge >= 0.3 is 0 Å². The Kier molecular flexibility index (Phi) is 6.50. The Labute approximate surface area is 149 Å². The second kappa shape index (κ2) is 8.16. The molecule has 0 N–H and O–H groups in total. The maximum absolute atomic E-state index is 12.8. The summed E-state index contributed by atoms with van der Waals surface area (Å²) in [5.41, 5.74) is 2.05. The third-order valence-corrected chi connectivity index (χ3v) is 5.23. The van der Waals surface area contributed by atoms with E-state index in [0.29, 0.717) is 20.7 Å². The van der Waals surface area contributed by atoms with Crippen molar-refractivity contribution in [2.45, 2.75) is 13.3 Å². The molecule has 0 unspecified atom stereocenters. The molecule has 1 aromatic carbocycles. The van der Waals surface area contributed by atoms with Gasteiger partial charge in [0.15, 0.2) is 0 Å². The lowest BCUT2D eigenvalue weighted by atomic mass is 10.2. The number of nitrogens with zero attached hydrogens (tertiary/aromatic N) is 1. The second-order valence-electron chi connectivity index (χ2n) is 4.68. The number of thioether (sulfide) groups is 1. The summed E-state index contributed by atoms with van der Waals surface area (Å²) in [6, 6.07) is 9.41. The number of aromatic nitrogens is 1. The molecule has 0 saturated carbocycles. The predicted molar refractivity (Wildman–Crippen MR) is 101 cm³/mol. The zero-order valence-electron chi connectivity index (χ0n) is 12.0. The monoisotopic (exact) mass is 371 g/mol. The van der Waals surface area contributed by atoms with E-state index in [2.05, 4.69) is 0 Å². The lowest BCUT2D eigenvalue weighted by molar-refractivity contribution is 0.975. The van der Waals surface area contributed by atoms with E-state index in [-0.39, 0.29) is 5.56 Å². The lowest BCUT2D eigenvalue weighted by Gasteiger charge is -2.12. The third-order valence-electron chi connectivity index (χ3n) is 3.13. The molecule has 0 amide bonds. The summed E-state index contributed by atoms with van der Waals surface area (Å²) in [6.45, 7) is 1.96. The van der Waals surface area contributed by atoms with Crippen LogP contribution in [0.2, 0.25) is 5.02 Å². The Morgan fingerprint density at radius 3 is 2.73 bits per heavy atom. The molecule has 2 aromatic rings. The van der Waals surface area contributed by atoms with Crippen LogP contribution in [0, 0.1) is 6.92 Å². The van der Waals surface area contributed by atoms with Crippen LogP contribution in [0.15, 0.2) is 41.3 Å². The van der Waals surface area contributed by atoms with Crippen molar-refractivity contribution in [2.75, 3.05) is 11.6 Å². The Morgan fingerprint density at radius 2 is 2.05 bits per heavy atom. The molecule has 1 heterocycles. The average molecular weight is 372 g/mol. The predicted octanol–water partition coefficient (Wildman–Crippen LogP) is 4.84. The summed E-state index contributed by atoms with van der Waals surface area (Å²) >= 11 is 18.7. The number of halogens is 2. The normalized spacial score (nSPS) is 10.7. The molecule has 0 aliphatic carbocycles. The van der Waals surface area contributed by atoms with Crippen molar-refractivity contribution in [3.63, 3.8) is 0 Å². The molecule has 0 aliphatic rings. The quantitative estimate of drug-likeness (QED) is 0.426. The van der Waals surface area contributed by atoms with Crippen molar-refractivity contribution < 1.29 is 0 Å². The van der Waals surface area contributed by atoms with Crippen molar-refractivity contribution in [2.24, 2.45) is 0 Å². The summed E-state index contributed by atoms with van der Waals surface area (Å²) in [4.78, 5) is 12.8. The van der Waals surface area contributed by atoms with Crippen LogP contribution in [-0.2, 0) is 0 Å². The summed E-state index contributed by atoms with van der Waals surface area (Å²) in [6.07, 6.45) is 2.52. The van der Waals surface area contributed by atoms with Gasteiger partial charge in [-0.3, -0.25) is 9.36 Å². The van der Waals surface area contributed by atoms with Gasteiger partial charge in [0, 0.05) is 12.1 Å². The van der Waals surface area contributed by atoms with E-state index in [4.69, 9.17) is 35.4 Å². The SMILES string of the molecule is Cc1ccccc1-n1ccc(Cl)c(C(=S)SCCCCl)c1=O. The number of alkyl halides is 1. The summed E-state index contributed by atoms with van der Waals surface area (Å²) in [5.74, 6) is 1.35. The van der Waals surface area contributed by atoms with E-state index in [1.165, 1.54) is 11.8 Å². The molecule has 0 aliphatic heterocycles. The highest BCUT2D eigenvalue weighted by Crippen LogP contribution is 2.21. The van der Waals surface area contributed by atoms with Gasteiger partial charge < -0.3 is 0 Å². The fourth-order valence-corrected chi connectivity index (χ4v) is 3.91. The summed E-state index contributed by atoms with van der Waals surface area (Å²) in [7, 11) is 0. The highest BCUT2D eigenvalue weighted by molar-refractivity contribution is 8.23. The largest absolute Gasteiger partial charge is 0.283 e. The first kappa shape index (κ1) is 17.5. The first-order chi connectivity index (χ1) is 10.6. The van der Waals surface area contributed by atoms with Crippen LogP contribution >= 0.6 is 47.2 Å². The topological polar surface area (TPSA) is 22.0 Å². The van der Waals surface area contributed by atoms with Crippen molar-refractivity contribution >= 4 is 51.4 Å². The van der Waals surface area contributed by atoms with Crippen LogP contribution in [-0.4, -0.2) is 20.4 Å². The lowest BCUT2D eigenvalue weighted by Crippen LogP contribution is -2.24. The van der Waals surface area contributed by atoms with Crippen molar-refractivity contribution in [1.29, 1.82) is 0 Å². The summed E-state index contributed by atoms with van der Waals surface area (Å²) in [5, 5.41) is 0.387. The Hall–Kier alpha value is -0.810. The van der Waals surface area contributed by atoms with Crippen molar-refractivity contribution in [3.8, 4) is 5.69 Å². The molecule has 0 fully saturated rings. The minimum Gasteiger partial charge on any atom is -0.283 e. The van der Waals surface area contributed by atoms with Crippen LogP contribution in [0.4, 0.5) is 0 Å². The molecule has 0 spiro atoms. The van der Waals surface area contributed by atoms with Crippen LogP contribution in [0.25, 0.3) is 5.69 Å². The highest BCUT2D eigenvalue weighted by atomic mass is 35.5. The minimum absolute atomic E-state index is 0.190. The standard InChI is InChI=1S/C16H15Cl2NOS2/c1-11-5-2-3-6-13(11)19-9-7-12(18)14(15(19)20)16(21)22-10-4-8-17/h2-3,5-7,9H,4,8,10H2,1H3. The van der Waals surface area contributed by atoms with Crippen LogP contribution in [0.1, 0.15) is 17.5 Å². The number of aryl methyl sites for hydroxylation is 1. The van der Waals surface area contributed by atoms with Crippen LogP contribution < -0.4 is 5.56 Å². The van der Waals surface area contributed by atoms with E-state index in [0.717, 1.165) is 23.4 Å². The van der Waals surface area contributed by atoms with Gasteiger partial charge in [0.25, 0.3) is 5.56 Å². The van der Waals surface area contributed by atoms with Gasteiger partial charge in [-0.05, 0) is 36.8 Å². The first-order valence-corrected chi connectivity index (χ1v) is 9.07. The third kappa shape index (κ3) is 3.93. The number of rotatable bonds is 5. The van der Waals surface area contributed by atoms with E-state index >= 15 is 0 Å². The van der Waals surface area contributed by atoms with E-state index in [1.807, 2.05) is 31.2 Å². The first-order valence-electron chi connectivity index (χ1n) is 6.76. The molecule has 2 nitrogen and oxygen atoms in total. The fraction of sp³-hybridized carbons (Fsp3) is 0.250. The molecule has 6 heteroatoms. The van der Waals surface area contributed by atoms with Crippen molar-refractivity contribution in [1.82, 2.24) is 4.57 Å². The molecular weight excluding hydrogens is 357 g/mol. The minimum atomic E-state index is -0.190. The second-order valence-corrected chi connectivity index (χ2v) is 7.24. The van der Waals surface area contributed by atoms with E-state index in [1.54, 1.807) is 16.8 Å². The van der Waals surface area contributed by atoms with Crippen molar-refractivity contribution in [3.05, 3.63) is 63.0 Å². The van der Waals surface area contributed by atoms with Gasteiger partial charge in [0.05, 0.1) is 20.5 Å². The number of pyridine rings is 1. The molecule has 1 aromatic heterocycles. The molecule has 22 heavy (non-hydrogen) atoms. The van der Waals surface area contributed by atoms with Crippen LogP contribution in [0.3, 0.4) is 0 Å². The smallest absolute Gasteiger partial charge is 0.265 e. The van der Waals surface area contributed by atoms with Gasteiger partial charge in [-0.15, -0.1) is 23.4 Å². The van der Waals surface area contributed by atoms with Gasteiger partial charge in [-0.25, -0.2) is 0 Å². The van der Waals surface area contributed by atoms with E-state index < -0.39 is 0 Å². The molecule has 0 saturated heterocycles. The van der Waals surface area contributed by atoms with Crippen LogP contribution in [0.5, 0.6) is 0 Å². The zero-order chi connectivity index (χ0) is 16.1. The molecule has 0 atom stereocenters. The Balaban J connectivity index is 2.45. The number of thiocarbonyl (C=S) groups is 1. The zero-order valence-corrected chi connectivity index (χ0v) is 15.2.